The minimum Gasteiger partial charge on any atom is -0.493 e. The molecule has 0 bridgehead atoms. The highest BCUT2D eigenvalue weighted by Gasteiger charge is 2.19. The molecule has 1 aromatic rings. The van der Waals surface area contributed by atoms with E-state index in [1.807, 2.05) is 0 Å². The fourth-order valence-electron chi connectivity index (χ4n) is 2.35. The van der Waals surface area contributed by atoms with Crippen LogP contribution in [0.5, 0.6) is 5.75 Å². The van der Waals surface area contributed by atoms with Gasteiger partial charge in [0.2, 0.25) is 0 Å². The molecule has 1 aromatic carbocycles. The lowest BCUT2D eigenvalue weighted by atomic mass is 9.89. The van der Waals surface area contributed by atoms with Crippen LogP contribution in [0.4, 0.5) is 8.78 Å². The van der Waals surface area contributed by atoms with Crippen molar-refractivity contribution in [3.8, 4) is 5.75 Å². The summed E-state index contributed by atoms with van der Waals surface area (Å²) < 4.78 is 32.1. The maximum Gasteiger partial charge on any atom is 0.168 e. The molecule has 0 aliphatic rings. The van der Waals surface area contributed by atoms with Crippen LogP contribution in [0.3, 0.4) is 0 Å². The summed E-state index contributed by atoms with van der Waals surface area (Å²) in [4.78, 5) is 0. The first kappa shape index (κ1) is 14.9. The van der Waals surface area contributed by atoms with Gasteiger partial charge in [-0.2, -0.15) is 0 Å². The second-order valence-corrected chi connectivity index (χ2v) is 4.64. The normalized spacial score (nSPS) is 12.5. The van der Waals surface area contributed by atoms with Crippen LogP contribution in [0.15, 0.2) is 12.1 Å². The van der Waals surface area contributed by atoms with E-state index in [9.17, 15) is 8.78 Å². The molecule has 1 unspecified atom stereocenters. The molecule has 0 aliphatic heterocycles. The standard InChI is InChI=1S/C15H22F2O/c1-4-6-8-11(7-5-2)13-9-12(16)10-14(17)15(13)18-3/h9-11H,4-8H2,1-3H3. The van der Waals surface area contributed by atoms with Gasteiger partial charge in [0.25, 0.3) is 0 Å². The average molecular weight is 256 g/mol. The SMILES string of the molecule is CCCCC(CCC)c1cc(F)cc(F)c1OC. The monoisotopic (exact) mass is 256 g/mol. The molecule has 0 saturated heterocycles. The van der Waals surface area contributed by atoms with E-state index in [0.717, 1.165) is 38.2 Å². The fraction of sp³-hybridized carbons (Fsp3) is 0.600. The fourth-order valence-corrected chi connectivity index (χ4v) is 2.35. The number of methoxy groups -OCH3 is 1. The molecule has 0 aromatic heterocycles. The van der Waals surface area contributed by atoms with Crippen LogP contribution >= 0.6 is 0 Å². The van der Waals surface area contributed by atoms with Gasteiger partial charge in [-0.1, -0.05) is 33.1 Å². The van der Waals surface area contributed by atoms with Crippen molar-refractivity contribution in [1.82, 2.24) is 0 Å². The second kappa shape index (κ2) is 7.34. The summed E-state index contributed by atoms with van der Waals surface area (Å²) in [6, 6.07) is 2.29. The van der Waals surface area contributed by atoms with E-state index in [1.54, 1.807) is 0 Å². The van der Waals surface area contributed by atoms with E-state index in [4.69, 9.17) is 4.74 Å². The topological polar surface area (TPSA) is 9.23 Å². The third-order valence-electron chi connectivity index (χ3n) is 3.22. The number of ether oxygens (including phenoxy) is 1. The molecule has 0 heterocycles. The van der Waals surface area contributed by atoms with Crippen molar-refractivity contribution in [2.75, 3.05) is 7.11 Å². The summed E-state index contributed by atoms with van der Waals surface area (Å²) in [6.07, 6.45) is 5.02. The van der Waals surface area contributed by atoms with Gasteiger partial charge in [0, 0.05) is 11.6 Å². The van der Waals surface area contributed by atoms with E-state index >= 15 is 0 Å². The van der Waals surface area contributed by atoms with Gasteiger partial charge < -0.3 is 4.74 Å². The van der Waals surface area contributed by atoms with Crippen molar-refractivity contribution >= 4 is 0 Å². The zero-order valence-corrected chi connectivity index (χ0v) is 11.4. The van der Waals surface area contributed by atoms with Gasteiger partial charge in [-0.3, -0.25) is 0 Å². The maximum absolute atomic E-state index is 13.7. The summed E-state index contributed by atoms with van der Waals surface area (Å²) in [6.45, 7) is 4.20. The molecule has 0 amide bonds. The van der Waals surface area contributed by atoms with Crippen LogP contribution in [0.2, 0.25) is 0 Å². The minimum absolute atomic E-state index is 0.176. The van der Waals surface area contributed by atoms with E-state index in [1.165, 1.54) is 13.2 Å². The number of hydrogen-bond acceptors (Lipinski definition) is 1. The second-order valence-electron chi connectivity index (χ2n) is 4.64. The third kappa shape index (κ3) is 3.69. The summed E-state index contributed by atoms with van der Waals surface area (Å²) in [5.41, 5.74) is 0.672. The van der Waals surface area contributed by atoms with Crippen molar-refractivity contribution in [3.05, 3.63) is 29.3 Å². The highest BCUT2D eigenvalue weighted by Crippen LogP contribution is 2.36. The first-order valence-corrected chi connectivity index (χ1v) is 6.66. The molecule has 102 valence electrons. The lowest BCUT2D eigenvalue weighted by molar-refractivity contribution is 0.370. The Morgan fingerprint density at radius 3 is 2.39 bits per heavy atom. The lowest BCUT2D eigenvalue weighted by Gasteiger charge is -2.19. The molecule has 1 nitrogen and oxygen atoms in total. The molecule has 3 heteroatoms. The van der Waals surface area contributed by atoms with Gasteiger partial charge in [0.05, 0.1) is 7.11 Å². The van der Waals surface area contributed by atoms with Crippen LogP contribution in [0.1, 0.15) is 57.4 Å². The van der Waals surface area contributed by atoms with Crippen molar-refractivity contribution in [2.24, 2.45) is 0 Å². The van der Waals surface area contributed by atoms with Gasteiger partial charge >= 0.3 is 0 Å². The molecular weight excluding hydrogens is 234 g/mol. The summed E-state index contributed by atoms with van der Waals surface area (Å²) in [5.74, 6) is -0.757. The van der Waals surface area contributed by atoms with Gasteiger partial charge in [0.15, 0.2) is 11.6 Å². The van der Waals surface area contributed by atoms with Crippen molar-refractivity contribution < 1.29 is 13.5 Å². The van der Waals surface area contributed by atoms with Crippen LogP contribution in [-0.4, -0.2) is 7.11 Å². The predicted molar refractivity (Wildman–Crippen MR) is 70.1 cm³/mol. The molecule has 0 N–H and O–H groups in total. The molecule has 0 spiro atoms. The van der Waals surface area contributed by atoms with Gasteiger partial charge in [-0.25, -0.2) is 8.78 Å². The van der Waals surface area contributed by atoms with Crippen LogP contribution < -0.4 is 4.74 Å². The quantitative estimate of drug-likeness (QED) is 0.663. The number of benzene rings is 1. The molecule has 0 fully saturated rings. The largest absolute Gasteiger partial charge is 0.493 e. The highest BCUT2D eigenvalue weighted by atomic mass is 19.1. The van der Waals surface area contributed by atoms with Crippen LogP contribution in [0.25, 0.3) is 0 Å². The molecule has 0 aliphatic carbocycles. The number of hydrogen-bond donors (Lipinski definition) is 0. The molecule has 1 atom stereocenters. The molecule has 0 saturated carbocycles. The van der Waals surface area contributed by atoms with Gasteiger partial charge in [-0.15, -0.1) is 0 Å². The molecule has 18 heavy (non-hydrogen) atoms. The van der Waals surface area contributed by atoms with Crippen molar-refractivity contribution in [1.29, 1.82) is 0 Å². The Morgan fingerprint density at radius 1 is 1.11 bits per heavy atom. The van der Waals surface area contributed by atoms with Crippen LogP contribution in [0, 0.1) is 11.6 Å². The highest BCUT2D eigenvalue weighted by molar-refractivity contribution is 5.38. The van der Waals surface area contributed by atoms with Gasteiger partial charge in [0.1, 0.15) is 5.82 Å². The Bertz CT molecular complexity index is 377. The zero-order valence-electron chi connectivity index (χ0n) is 11.4. The molecule has 1 rings (SSSR count). The minimum atomic E-state index is -0.606. The number of rotatable bonds is 7. The van der Waals surface area contributed by atoms with Crippen molar-refractivity contribution in [3.63, 3.8) is 0 Å². The lowest BCUT2D eigenvalue weighted by Crippen LogP contribution is -2.04. The van der Waals surface area contributed by atoms with E-state index in [-0.39, 0.29) is 11.7 Å². The predicted octanol–water partition coefficient (Wildman–Crippen LogP) is 5.05. The number of unbranched alkanes of at least 4 members (excludes halogenated alkanes) is 1. The zero-order chi connectivity index (χ0) is 13.5. The first-order chi connectivity index (χ1) is 8.63. The smallest absolute Gasteiger partial charge is 0.168 e. The first-order valence-electron chi connectivity index (χ1n) is 6.66. The average Bonchev–Trinajstić information content (AvgIpc) is 2.33. The third-order valence-corrected chi connectivity index (χ3v) is 3.22. The van der Waals surface area contributed by atoms with E-state index in [0.29, 0.717) is 5.56 Å². The van der Waals surface area contributed by atoms with Crippen molar-refractivity contribution in [2.45, 2.75) is 51.9 Å². The summed E-state index contributed by atoms with van der Waals surface area (Å²) >= 11 is 0. The molecule has 0 radical (unpaired) electrons. The molecular formula is C15H22F2O. The van der Waals surface area contributed by atoms with E-state index < -0.39 is 11.6 Å². The Kier molecular flexibility index (Phi) is 6.10. The Labute approximate surface area is 108 Å². The van der Waals surface area contributed by atoms with Gasteiger partial charge in [-0.05, 0) is 24.8 Å². The Morgan fingerprint density at radius 2 is 1.83 bits per heavy atom. The maximum atomic E-state index is 13.7. The number of halogens is 2. The van der Waals surface area contributed by atoms with E-state index in [2.05, 4.69) is 13.8 Å². The summed E-state index contributed by atoms with van der Waals surface area (Å²) in [5, 5.41) is 0. The Balaban J connectivity index is 3.08. The summed E-state index contributed by atoms with van der Waals surface area (Å²) in [7, 11) is 1.43. The van der Waals surface area contributed by atoms with Crippen LogP contribution in [-0.2, 0) is 0 Å². The Hall–Kier alpha value is -1.12.